The van der Waals surface area contributed by atoms with Gasteiger partial charge in [0.05, 0.1) is 31.6 Å². The van der Waals surface area contributed by atoms with Gasteiger partial charge in [-0.05, 0) is 67.1 Å². The lowest BCUT2D eigenvalue weighted by Crippen LogP contribution is -2.17. The molecule has 3 rings (SSSR count). The molecule has 0 saturated heterocycles. The summed E-state index contributed by atoms with van der Waals surface area (Å²) >= 11 is 0. The van der Waals surface area contributed by atoms with E-state index in [2.05, 4.69) is 10.5 Å². The fourth-order valence-corrected chi connectivity index (χ4v) is 2.85. The van der Waals surface area contributed by atoms with E-state index in [1.54, 1.807) is 66.7 Å². The topological polar surface area (TPSA) is 110 Å². The average Bonchev–Trinajstić information content (AvgIpc) is 2.85. The highest BCUT2D eigenvalue weighted by Crippen LogP contribution is 2.30. The number of rotatable bonds is 8. The number of carbonyl (C=O) groups excluding carboxylic acids is 2. The zero-order valence-corrected chi connectivity index (χ0v) is 18.1. The van der Waals surface area contributed by atoms with Crippen molar-refractivity contribution in [3.05, 3.63) is 89.0 Å². The van der Waals surface area contributed by atoms with Gasteiger partial charge in [-0.3, -0.25) is 4.79 Å². The van der Waals surface area contributed by atoms with Crippen LogP contribution < -0.4 is 19.6 Å². The van der Waals surface area contributed by atoms with E-state index >= 15 is 0 Å². The summed E-state index contributed by atoms with van der Waals surface area (Å²) in [6.07, 6.45) is 1.44. The third-order valence-corrected chi connectivity index (χ3v) is 4.45. The third-order valence-electron chi connectivity index (χ3n) is 4.45. The molecule has 1 amide bonds. The molecule has 166 valence electrons. The molecule has 0 aromatic heterocycles. The van der Waals surface area contributed by atoms with E-state index < -0.39 is 11.9 Å². The molecule has 0 aliphatic carbocycles. The monoisotopic (exact) mass is 443 g/mol. The molecule has 0 unspecified atom stereocenters. The molecule has 3 aromatic rings. The van der Waals surface area contributed by atoms with Gasteiger partial charge in [-0.15, -0.1) is 0 Å². The number of para-hydroxylation sites is 1. The molecule has 0 spiro atoms. The Morgan fingerprint density at radius 2 is 1.79 bits per heavy atom. The molecule has 0 bridgehead atoms. The van der Waals surface area contributed by atoms with Crippen molar-refractivity contribution in [2.45, 2.75) is 6.92 Å². The van der Waals surface area contributed by atoms with E-state index in [4.69, 9.17) is 19.5 Å². The molecule has 8 heteroatoms. The first-order valence-corrected chi connectivity index (χ1v) is 10.0. The van der Waals surface area contributed by atoms with Crippen molar-refractivity contribution in [2.24, 2.45) is 5.10 Å². The highest BCUT2D eigenvalue weighted by molar-refractivity contribution is 5.95. The van der Waals surface area contributed by atoms with E-state index in [1.807, 2.05) is 13.0 Å². The summed E-state index contributed by atoms with van der Waals surface area (Å²) in [6, 6.07) is 19.8. The molecular weight excluding hydrogens is 422 g/mol. The quantitative estimate of drug-likeness (QED) is 0.244. The number of carbonyl (C=O) groups is 2. The fraction of sp³-hybridized carbons (Fsp3) is 0.120. The van der Waals surface area contributed by atoms with E-state index in [-0.39, 0.29) is 5.75 Å². The maximum Gasteiger partial charge on any atom is 0.347 e. The zero-order valence-electron chi connectivity index (χ0n) is 18.1. The Kier molecular flexibility index (Phi) is 7.76. The van der Waals surface area contributed by atoms with Crippen LogP contribution in [-0.4, -0.2) is 31.8 Å². The Hall–Kier alpha value is -4.64. The largest absolute Gasteiger partial charge is 0.496 e. The summed E-state index contributed by atoms with van der Waals surface area (Å²) in [4.78, 5) is 24.8. The number of nitrogens with one attached hydrogen (secondary N) is 1. The maximum absolute atomic E-state index is 12.6. The molecule has 0 heterocycles. The van der Waals surface area contributed by atoms with Crippen molar-refractivity contribution in [2.75, 3.05) is 13.7 Å². The number of benzene rings is 3. The van der Waals surface area contributed by atoms with Crippen molar-refractivity contribution in [1.82, 2.24) is 5.43 Å². The van der Waals surface area contributed by atoms with Crippen LogP contribution in [0, 0.1) is 11.3 Å². The van der Waals surface area contributed by atoms with Crippen molar-refractivity contribution in [1.29, 1.82) is 5.26 Å². The highest BCUT2D eigenvalue weighted by atomic mass is 16.6. The van der Waals surface area contributed by atoms with Crippen LogP contribution in [0.4, 0.5) is 0 Å². The van der Waals surface area contributed by atoms with Gasteiger partial charge in [-0.2, -0.15) is 10.4 Å². The summed E-state index contributed by atoms with van der Waals surface area (Å²) in [5.41, 5.74) is 4.17. The van der Waals surface area contributed by atoms with Gasteiger partial charge >= 0.3 is 5.97 Å². The molecule has 8 nitrogen and oxygen atoms in total. The third kappa shape index (κ3) is 5.95. The van der Waals surface area contributed by atoms with E-state index in [0.717, 1.165) is 0 Å². The van der Waals surface area contributed by atoms with Crippen molar-refractivity contribution >= 4 is 18.1 Å². The van der Waals surface area contributed by atoms with Gasteiger partial charge in [0.2, 0.25) is 0 Å². The van der Waals surface area contributed by atoms with Gasteiger partial charge in [0, 0.05) is 5.56 Å². The number of hydrogen-bond acceptors (Lipinski definition) is 7. The molecule has 33 heavy (non-hydrogen) atoms. The SMILES string of the molecule is CCOc1cc(/C=N\NC(=O)c2ccc(C#N)cc2)ccc1OC(=O)c1ccccc1OC. The van der Waals surface area contributed by atoms with Crippen LogP contribution in [-0.2, 0) is 0 Å². The van der Waals surface area contributed by atoms with Crippen LogP contribution in [0.25, 0.3) is 0 Å². The molecular formula is C25H21N3O5. The van der Waals surface area contributed by atoms with Crippen LogP contribution in [0.3, 0.4) is 0 Å². The van der Waals surface area contributed by atoms with Crippen molar-refractivity contribution < 1.29 is 23.8 Å². The van der Waals surface area contributed by atoms with E-state index in [1.165, 1.54) is 13.3 Å². The summed E-state index contributed by atoms with van der Waals surface area (Å²) in [6.45, 7) is 2.17. The molecule has 0 saturated carbocycles. The number of amides is 1. The number of ether oxygens (including phenoxy) is 3. The summed E-state index contributed by atoms with van der Waals surface area (Å²) in [5.74, 6) is 0.00416. The average molecular weight is 443 g/mol. The second-order valence-corrected chi connectivity index (χ2v) is 6.62. The lowest BCUT2D eigenvalue weighted by molar-refractivity contribution is 0.0724. The van der Waals surface area contributed by atoms with Gasteiger partial charge in [0.1, 0.15) is 11.3 Å². The molecule has 0 fully saturated rings. The number of hydrazone groups is 1. The normalized spacial score (nSPS) is 10.3. The van der Waals surface area contributed by atoms with Crippen molar-refractivity contribution in [3.63, 3.8) is 0 Å². The van der Waals surface area contributed by atoms with Crippen LogP contribution in [0.5, 0.6) is 17.2 Å². The number of hydrogen-bond donors (Lipinski definition) is 1. The first-order chi connectivity index (χ1) is 16.0. The minimum Gasteiger partial charge on any atom is -0.496 e. The number of nitriles is 1. The Balaban J connectivity index is 1.71. The molecule has 0 aliphatic heterocycles. The van der Waals surface area contributed by atoms with Crippen LogP contribution in [0.15, 0.2) is 71.8 Å². The number of nitrogens with zero attached hydrogens (tertiary/aromatic N) is 2. The summed E-state index contributed by atoms with van der Waals surface area (Å²) < 4.78 is 16.3. The first-order valence-electron chi connectivity index (χ1n) is 10.0. The van der Waals surface area contributed by atoms with E-state index in [9.17, 15) is 9.59 Å². The first kappa shape index (κ1) is 23.0. The van der Waals surface area contributed by atoms with E-state index in [0.29, 0.717) is 40.4 Å². The van der Waals surface area contributed by atoms with Gasteiger partial charge in [-0.25, -0.2) is 10.2 Å². The van der Waals surface area contributed by atoms with Crippen LogP contribution in [0.1, 0.15) is 38.8 Å². The molecule has 3 aromatic carbocycles. The minimum absolute atomic E-state index is 0.242. The second-order valence-electron chi connectivity index (χ2n) is 6.62. The molecule has 0 radical (unpaired) electrons. The predicted molar refractivity (Wildman–Crippen MR) is 122 cm³/mol. The predicted octanol–water partition coefficient (Wildman–Crippen LogP) is 3.95. The fourth-order valence-electron chi connectivity index (χ4n) is 2.85. The van der Waals surface area contributed by atoms with Gasteiger partial charge in [-0.1, -0.05) is 12.1 Å². The summed E-state index contributed by atoms with van der Waals surface area (Å²) in [7, 11) is 1.48. The van der Waals surface area contributed by atoms with Gasteiger partial charge in [0.25, 0.3) is 5.91 Å². The zero-order chi connectivity index (χ0) is 23.6. The standard InChI is InChI=1S/C25H21N3O5/c1-3-32-23-14-18(16-27-28-24(29)19-11-8-17(15-26)9-12-19)10-13-22(23)33-25(30)20-6-4-5-7-21(20)31-2/h4-14,16H,3H2,1-2H3,(H,28,29)/b27-16-. The van der Waals surface area contributed by atoms with Gasteiger partial charge in [0.15, 0.2) is 11.5 Å². The lowest BCUT2D eigenvalue weighted by atomic mass is 10.1. The molecule has 0 aliphatic rings. The highest BCUT2D eigenvalue weighted by Gasteiger charge is 2.17. The Morgan fingerprint density at radius 1 is 1.03 bits per heavy atom. The second kappa shape index (κ2) is 11.1. The van der Waals surface area contributed by atoms with Crippen molar-refractivity contribution in [3.8, 4) is 23.3 Å². The molecule has 1 N–H and O–H groups in total. The Labute approximate surface area is 191 Å². The number of methoxy groups -OCH3 is 1. The van der Waals surface area contributed by atoms with Crippen LogP contribution in [0.2, 0.25) is 0 Å². The minimum atomic E-state index is -0.579. The lowest BCUT2D eigenvalue weighted by Gasteiger charge is -2.12. The van der Waals surface area contributed by atoms with Crippen LogP contribution >= 0.6 is 0 Å². The smallest absolute Gasteiger partial charge is 0.347 e. The number of esters is 1. The Morgan fingerprint density at radius 3 is 2.48 bits per heavy atom. The Bertz CT molecular complexity index is 1210. The molecule has 0 atom stereocenters. The summed E-state index contributed by atoms with van der Waals surface area (Å²) in [5, 5.41) is 12.8. The maximum atomic E-state index is 12.6. The van der Waals surface area contributed by atoms with Gasteiger partial charge < -0.3 is 14.2 Å².